The average Bonchev–Trinajstić information content (AvgIpc) is 2.63. The van der Waals surface area contributed by atoms with Crippen LogP contribution in [0.3, 0.4) is 0 Å². The molecule has 0 nitrogen and oxygen atoms in total. The number of aryl methyl sites for hydroxylation is 2. The van der Waals surface area contributed by atoms with Crippen molar-refractivity contribution in [1.29, 1.82) is 0 Å². The maximum atomic E-state index is 2.55. The van der Waals surface area contributed by atoms with Gasteiger partial charge in [-0.3, -0.25) is 0 Å². The van der Waals surface area contributed by atoms with Gasteiger partial charge in [-0.15, -0.1) is 0 Å². The molecule has 0 fully saturated rings. The van der Waals surface area contributed by atoms with Crippen LogP contribution in [-0.4, -0.2) is 31.5 Å². The van der Waals surface area contributed by atoms with Crippen LogP contribution < -0.4 is 0 Å². The van der Waals surface area contributed by atoms with E-state index in [2.05, 4.69) is 67.6 Å². The van der Waals surface area contributed by atoms with Gasteiger partial charge in [0.05, 0.1) is 0 Å². The molecule has 0 heterocycles. The Morgan fingerprint density at radius 3 is 1.46 bits per heavy atom. The van der Waals surface area contributed by atoms with E-state index >= 15 is 0 Å². The Hall–Kier alpha value is -0.443. The van der Waals surface area contributed by atoms with Gasteiger partial charge in [0, 0.05) is 0 Å². The van der Waals surface area contributed by atoms with Gasteiger partial charge in [0.1, 0.15) is 0 Å². The van der Waals surface area contributed by atoms with Crippen molar-refractivity contribution in [1.82, 2.24) is 0 Å². The molecule has 0 saturated heterocycles. The van der Waals surface area contributed by atoms with E-state index in [1.165, 1.54) is 49.7 Å². The van der Waals surface area contributed by atoms with Crippen LogP contribution in [0, 0.1) is 0 Å². The van der Waals surface area contributed by atoms with E-state index in [1.807, 2.05) is 0 Å². The van der Waals surface area contributed by atoms with E-state index < -0.39 is 0 Å². The molecule has 0 N–H and O–H groups in total. The van der Waals surface area contributed by atoms with Gasteiger partial charge in [-0.2, -0.15) is 0 Å². The van der Waals surface area contributed by atoms with Crippen molar-refractivity contribution in [2.24, 2.45) is 0 Å². The SMILES string of the molecule is CC([AsH]CCCCc1ccccc1)[AsH]CCCCc1ccccc1. The van der Waals surface area contributed by atoms with Crippen LogP contribution in [0.1, 0.15) is 43.7 Å². The summed E-state index contributed by atoms with van der Waals surface area (Å²) in [6, 6.07) is 21.9. The molecule has 2 unspecified atom stereocenters. The van der Waals surface area contributed by atoms with Crippen LogP contribution in [-0.2, 0) is 12.8 Å². The minimum atomic E-state index is 0.332. The standard InChI is InChI=1S/C22H32As2/c1-20(23-18-10-8-16-21-12-4-2-5-13-21)24-19-11-9-17-22-14-6-3-7-15-22/h2-7,12-15,20,23-24H,8-11,16-19H2,1H3. The molecular weight excluding hydrogens is 414 g/mol. The molecule has 0 spiro atoms. The fourth-order valence-corrected chi connectivity index (χ4v) is 11.7. The molecule has 0 radical (unpaired) electrons. The van der Waals surface area contributed by atoms with E-state index in [9.17, 15) is 0 Å². The Balaban J connectivity index is 1.42. The first kappa shape index (κ1) is 19.9. The van der Waals surface area contributed by atoms with Gasteiger partial charge in [0.25, 0.3) is 0 Å². The average molecular weight is 446 g/mol. The summed E-state index contributed by atoms with van der Waals surface area (Å²) in [6.07, 6.45) is 8.24. The minimum absolute atomic E-state index is 0.332. The zero-order valence-corrected chi connectivity index (χ0v) is 19.2. The predicted molar refractivity (Wildman–Crippen MR) is 112 cm³/mol. The normalized spacial score (nSPS) is 13.2. The van der Waals surface area contributed by atoms with Crippen LogP contribution in [0.5, 0.6) is 0 Å². The van der Waals surface area contributed by atoms with Gasteiger partial charge in [-0.05, 0) is 0 Å². The molecular formula is C22H32As2. The van der Waals surface area contributed by atoms with Crippen molar-refractivity contribution in [3.8, 4) is 0 Å². The molecule has 2 aromatic rings. The number of unbranched alkanes of at least 4 members (excludes halogenated alkanes) is 2. The molecule has 0 aliphatic rings. The summed E-state index contributed by atoms with van der Waals surface area (Å²) in [6.45, 7) is 2.55. The second-order valence-electron chi connectivity index (χ2n) is 6.52. The van der Waals surface area contributed by atoms with Crippen molar-refractivity contribution in [2.45, 2.75) is 59.4 Å². The summed E-state index contributed by atoms with van der Waals surface area (Å²) >= 11 is 0.664. The number of benzene rings is 2. The summed E-state index contributed by atoms with van der Waals surface area (Å²) in [5.41, 5.74) is 3.02. The van der Waals surface area contributed by atoms with Crippen LogP contribution in [0.4, 0.5) is 0 Å². The summed E-state index contributed by atoms with van der Waals surface area (Å²) in [4.78, 5) is 0. The van der Waals surface area contributed by atoms with Crippen LogP contribution in [0.15, 0.2) is 60.7 Å². The van der Waals surface area contributed by atoms with Crippen molar-refractivity contribution in [3.05, 3.63) is 71.8 Å². The molecule has 24 heavy (non-hydrogen) atoms. The summed E-state index contributed by atoms with van der Waals surface area (Å²) in [7, 11) is 0. The Morgan fingerprint density at radius 2 is 1.04 bits per heavy atom. The first-order chi connectivity index (χ1) is 11.8. The van der Waals surface area contributed by atoms with Gasteiger partial charge >= 0.3 is 163 Å². The monoisotopic (exact) mass is 446 g/mol. The summed E-state index contributed by atoms with van der Waals surface area (Å²) in [5, 5.41) is 3.11. The van der Waals surface area contributed by atoms with Gasteiger partial charge < -0.3 is 0 Å². The summed E-state index contributed by atoms with van der Waals surface area (Å²) < 4.78 is 1.15. The zero-order chi connectivity index (χ0) is 16.9. The first-order valence-electron chi connectivity index (χ1n) is 9.39. The van der Waals surface area contributed by atoms with Crippen LogP contribution >= 0.6 is 0 Å². The quantitative estimate of drug-likeness (QED) is 0.298. The molecule has 2 aromatic carbocycles. The Kier molecular flexibility index (Phi) is 10.6. The predicted octanol–water partition coefficient (Wildman–Crippen LogP) is 5.51. The molecule has 2 atom stereocenters. The molecule has 2 heteroatoms. The maximum absolute atomic E-state index is 2.55. The Morgan fingerprint density at radius 1 is 0.625 bits per heavy atom. The van der Waals surface area contributed by atoms with Crippen molar-refractivity contribution < 1.29 is 0 Å². The van der Waals surface area contributed by atoms with Gasteiger partial charge in [0.15, 0.2) is 0 Å². The van der Waals surface area contributed by atoms with Crippen LogP contribution in [0.2, 0.25) is 13.9 Å². The Labute approximate surface area is 162 Å². The molecule has 0 aliphatic heterocycles. The fourth-order valence-electron chi connectivity index (χ4n) is 2.91. The van der Waals surface area contributed by atoms with Gasteiger partial charge in [0.2, 0.25) is 0 Å². The summed E-state index contributed by atoms with van der Waals surface area (Å²) in [5.74, 6) is 0. The molecule has 0 bridgehead atoms. The van der Waals surface area contributed by atoms with E-state index in [4.69, 9.17) is 0 Å². The molecule has 130 valence electrons. The van der Waals surface area contributed by atoms with Crippen LogP contribution in [0.25, 0.3) is 0 Å². The second kappa shape index (κ2) is 12.9. The molecule has 0 amide bonds. The van der Waals surface area contributed by atoms with Gasteiger partial charge in [-0.25, -0.2) is 0 Å². The van der Waals surface area contributed by atoms with Crippen molar-refractivity contribution >= 4 is 31.5 Å². The van der Waals surface area contributed by atoms with Crippen molar-refractivity contribution in [2.75, 3.05) is 0 Å². The Bertz CT molecular complexity index is 475. The molecule has 0 aliphatic carbocycles. The number of hydrogen-bond donors (Lipinski definition) is 0. The van der Waals surface area contributed by atoms with E-state index in [0.29, 0.717) is 31.5 Å². The van der Waals surface area contributed by atoms with E-state index in [-0.39, 0.29) is 0 Å². The molecule has 0 aromatic heterocycles. The zero-order valence-electron chi connectivity index (χ0n) is 15.0. The molecule has 2 rings (SSSR count). The van der Waals surface area contributed by atoms with E-state index in [1.54, 1.807) is 10.4 Å². The van der Waals surface area contributed by atoms with Crippen molar-refractivity contribution in [3.63, 3.8) is 0 Å². The van der Waals surface area contributed by atoms with E-state index in [0.717, 1.165) is 3.49 Å². The van der Waals surface area contributed by atoms with Gasteiger partial charge in [-0.1, -0.05) is 0 Å². The third kappa shape index (κ3) is 9.15. The third-order valence-electron chi connectivity index (χ3n) is 4.37. The fraction of sp³-hybridized carbons (Fsp3) is 0.455. The number of hydrogen-bond acceptors (Lipinski definition) is 0. The number of rotatable bonds is 12. The molecule has 0 saturated carbocycles. The second-order valence-corrected chi connectivity index (χ2v) is 16.5. The third-order valence-corrected chi connectivity index (χ3v) is 14.1. The first-order valence-corrected chi connectivity index (χ1v) is 14.8. The topological polar surface area (TPSA) is 0 Å².